The van der Waals surface area contributed by atoms with Crippen molar-refractivity contribution in [2.45, 2.75) is 30.8 Å². The van der Waals surface area contributed by atoms with E-state index in [0.29, 0.717) is 4.88 Å². The predicted octanol–water partition coefficient (Wildman–Crippen LogP) is 2.46. The van der Waals surface area contributed by atoms with Gasteiger partial charge >= 0.3 is 0 Å². The first-order chi connectivity index (χ1) is 11.8. The molecular weight excluding hydrogens is 356 g/mol. The maximum absolute atomic E-state index is 12.3. The summed E-state index contributed by atoms with van der Waals surface area (Å²) in [4.78, 5) is 15.3. The van der Waals surface area contributed by atoms with Crippen LogP contribution in [0.1, 0.15) is 27.2 Å². The third-order valence-electron chi connectivity index (χ3n) is 4.36. The number of likely N-dealkylation sites (tertiary alicyclic amines) is 1. The molecule has 1 aliphatic heterocycles. The molecule has 134 valence electrons. The van der Waals surface area contributed by atoms with E-state index in [9.17, 15) is 13.2 Å². The maximum Gasteiger partial charge on any atom is 0.261 e. The Kier molecular flexibility index (Phi) is 5.27. The van der Waals surface area contributed by atoms with E-state index in [4.69, 9.17) is 0 Å². The van der Waals surface area contributed by atoms with Crippen molar-refractivity contribution in [3.8, 4) is 0 Å². The number of hydrogen-bond donors (Lipinski definition) is 1. The number of amides is 1. The van der Waals surface area contributed by atoms with E-state index in [2.05, 4.69) is 41.4 Å². The Morgan fingerprint density at radius 2 is 2.04 bits per heavy atom. The lowest BCUT2D eigenvalue weighted by Gasteiger charge is -2.16. The summed E-state index contributed by atoms with van der Waals surface area (Å²) in [6.07, 6.45) is 2.05. The lowest BCUT2D eigenvalue weighted by molar-refractivity contribution is 0.0941. The van der Waals surface area contributed by atoms with Crippen LogP contribution in [-0.4, -0.2) is 44.6 Å². The van der Waals surface area contributed by atoms with Crippen LogP contribution in [0.3, 0.4) is 0 Å². The second kappa shape index (κ2) is 7.27. The summed E-state index contributed by atoms with van der Waals surface area (Å²) in [5.41, 5.74) is 2.52. The average molecular weight is 379 g/mol. The summed E-state index contributed by atoms with van der Waals surface area (Å²) in [7, 11) is -3.27. The van der Waals surface area contributed by atoms with Gasteiger partial charge < -0.3 is 5.32 Å². The molecular formula is C18H22N2O3S2. The summed E-state index contributed by atoms with van der Waals surface area (Å²) >= 11 is 1.17. The SMILES string of the molecule is Cc1ccc(CN2CCC(NC(=O)c3cc(S(C)(=O)=O)cs3)C2)cc1. The summed E-state index contributed by atoms with van der Waals surface area (Å²) in [5, 5.41) is 4.54. The number of carbonyl (C=O) groups is 1. The van der Waals surface area contributed by atoms with Gasteiger partial charge in [-0.2, -0.15) is 0 Å². The van der Waals surface area contributed by atoms with Crippen LogP contribution in [0, 0.1) is 6.92 Å². The van der Waals surface area contributed by atoms with Gasteiger partial charge in [0.25, 0.3) is 5.91 Å². The first-order valence-corrected chi connectivity index (χ1v) is 11.0. The molecule has 2 aromatic rings. The number of thiophene rings is 1. The third kappa shape index (κ3) is 4.68. The number of nitrogens with one attached hydrogen (secondary N) is 1. The monoisotopic (exact) mass is 378 g/mol. The molecule has 1 amide bonds. The topological polar surface area (TPSA) is 66.5 Å². The van der Waals surface area contributed by atoms with Gasteiger partial charge in [-0.15, -0.1) is 11.3 Å². The molecule has 0 spiro atoms. The van der Waals surface area contributed by atoms with Gasteiger partial charge in [0.15, 0.2) is 9.84 Å². The molecule has 1 fully saturated rings. The number of aryl methyl sites for hydroxylation is 1. The largest absolute Gasteiger partial charge is 0.347 e. The molecule has 25 heavy (non-hydrogen) atoms. The molecule has 7 heteroatoms. The van der Waals surface area contributed by atoms with Crippen LogP contribution in [0.2, 0.25) is 0 Å². The van der Waals surface area contributed by atoms with Gasteiger partial charge in [0.1, 0.15) is 0 Å². The second-order valence-electron chi connectivity index (χ2n) is 6.60. The Morgan fingerprint density at radius 3 is 2.68 bits per heavy atom. The summed E-state index contributed by atoms with van der Waals surface area (Å²) in [5.74, 6) is -0.193. The van der Waals surface area contributed by atoms with Crippen LogP contribution in [0.25, 0.3) is 0 Å². The Labute approximate surface area is 152 Å². The lowest BCUT2D eigenvalue weighted by atomic mass is 10.1. The lowest BCUT2D eigenvalue weighted by Crippen LogP contribution is -2.36. The number of benzene rings is 1. The molecule has 3 rings (SSSR count). The minimum Gasteiger partial charge on any atom is -0.347 e. The minimum atomic E-state index is -3.27. The molecule has 1 saturated heterocycles. The summed E-state index contributed by atoms with van der Waals surface area (Å²) in [6.45, 7) is 4.70. The van der Waals surface area contributed by atoms with Gasteiger partial charge in [0.2, 0.25) is 0 Å². The quantitative estimate of drug-likeness (QED) is 0.868. The fourth-order valence-electron chi connectivity index (χ4n) is 2.93. The zero-order chi connectivity index (χ0) is 18.0. The Balaban J connectivity index is 1.55. The fraction of sp³-hybridized carbons (Fsp3) is 0.389. The number of hydrogen-bond acceptors (Lipinski definition) is 5. The van der Waals surface area contributed by atoms with Crippen molar-refractivity contribution in [2.75, 3.05) is 19.3 Å². The highest BCUT2D eigenvalue weighted by molar-refractivity contribution is 7.90. The van der Waals surface area contributed by atoms with Crippen molar-refractivity contribution in [3.05, 3.63) is 51.7 Å². The molecule has 0 aliphatic carbocycles. The van der Waals surface area contributed by atoms with E-state index in [0.717, 1.165) is 32.3 Å². The zero-order valence-electron chi connectivity index (χ0n) is 14.4. The summed E-state index contributed by atoms with van der Waals surface area (Å²) in [6, 6.07) is 10.1. The summed E-state index contributed by atoms with van der Waals surface area (Å²) < 4.78 is 23.0. The number of carbonyl (C=O) groups excluding carboxylic acids is 1. The van der Waals surface area contributed by atoms with Crippen molar-refractivity contribution < 1.29 is 13.2 Å². The van der Waals surface area contributed by atoms with Crippen molar-refractivity contribution in [3.63, 3.8) is 0 Å². The first kappa shape index (κ1) is 18.1. The van der Waals surface area contributed by atoms with Crippen molar-refractivity contribution >= 4 is 27.1 Å². The predicted molar refractivity (Wildman–Crippen MR) is 99.8 cm³/mol. The van der Waals surface area contributed by atoms with Crippen LogP contribution in [-0.2, 0) is 16.4 Å². The Morgan fingerprint density at radius 1 is 1.32 bits per heavy atom. The molecule has 2 heterocycles. The van der Waals surface area contributed by atoms with Gasteiger partial charge in [0, 0.05) is 37.3 Å². The average Bonchev–Trinajstić information content (AvgIpc) is 3.19. The van der Waals surface area contributed by atoms with Crippen LogP contribution >= 0.6 is 11.3 Å². The standard InChI is InChI=1S/C18H22N2O3S2/c1-13-3-5-14(6-4-13)10-20-8-7-15(11-20)19-18(21)17-9-16(12-24-17)25(2,22)23/h3-6,9,12,15H,7-8,10-11H2,1-2H3,(H,19,21). The van der Waals surface area contributed by atoms with E-state index in [1.54, 1.807) is 0 Å². The molecule has 1 atom stereocenters. The van der Waals surface area contributed by atoms with Gasteiger partial charge in [-0.3, -0.25) is 9.69 Å². The first-order valence-electron chi connectivity index (χ1n) is 8.18. The molecule has 1 unspecified atom stereocenters. The highest BCUT2D eigenvalue weighted by Crippen LogP contribution is 2.20. The molecule has 0 radical (unpaired) electrons. The van der Waals surface area contributed by atoms with E-state index < -0.39 is 9.84 Å². The molecule has 1 N–H and O–H groups in total. The van der Waals surface area contributed by atoms with Gasteiger partial charge in [-0.05, 0) is 25.0 Å². The van der Waals surface area contributed by atoms with Crippen molar-refractivity contribution in [1.82, 2.24) is 10.2 Å². The van der Waals surface area contributed by atoms with E-state index in [1.807, 2.05) is 0 Å². The Hall–Kier alpha value is -1.70. The number of nitrogens with zero attached hydrogens (tertiary/aromatic N) is 1. The smallest absolute Gasteiger partial charge is 0.261 e. The van der Waals surface area contributed by atoms with Gasteiger partial charge in [0.05, 0.1) is 9.77 Å². The second-order valence-corrected chi connectivity index (χ2v) is 9.53. The fourth-order valence-corrected chi connectivity index (χ4v) is 4.86. The minimum absolute atomic E-state index is 0.0988. The van der Waals surface area contributed by atoms with Crippen LogP contribution in [0.15, 0.2) is 40.6 Å². The number of sulfone groups is 1. The van der Waals surface area contributed by atoms with Crippen molar-refractivity contribution in [1.29, 1.82) is 0 Å². The molecule has 1 aromatic carbocycles. The van der Waals surface area contributed by atoms with Gasteiger partial charge in [-0.1, -0.05) is 29.8 Å². The normalized spacial score (nSPS) is 18.4. The van der Waals surface area contributed by atoms with E-state index in [1.165, 1.54) is 33.9 Å². The van der Waals surface area contributed by atoms with E-state index >= 15 is 0 Å². The van der Waals surface area contributed by atoms with Gasteiger partial charge in [-0.25, -0.2) is 8.42 Å². The molecule has 1 aliphatic rings. The third-order valence-corrected chi connectivity index (χ3v) is 6.53. The van der Waals surface area contributed by atoms with Crippen molar-refractivity contribution in [2.24, 2.45) is 0 Å². The highest BCUT2D eigenvalue weighted by Gasteiger charge is 2.25. The molecule has 1 aromatic heterocycles. The maximum atomic E-state index is 12.3. The Bertz CT molecular complexity index is 857. The zero-order valence-corrected chi connectivity index (χ0v) is 16.0. The number of rotatable bonds is 5. The molecule has 0 saturated carbocycles. The van der Waals surface area contributed by atoms with Crippen LogP contribution in [0.4, 0.5) is 0 Å². The van der Waals surface area contributed by atoms with Crippen LogP contribution < -0.4 is 5.32 Å². The highest BCUT2D eigenvalue weighted by atomic mass is 32.2. The van der Waals surface area contributed by atoms with E-state index in [-0.39, 0.29) is 16.8 Å². The molecule has 0 bridgehead atoms. The molecule has 5 nitrogen and oxygen atoms in total. The van der Waals surface area contributed by atoms with Crippen LogP contribution in [0.5, 0.6) is 0 Å².